The van der Waals surface area contributed by atoms with Crippen LogP contribution in [0.3, 0.4) is 0 Å². The highest BCUT2D eigenvalue weighted by atomic mass is 32.2. The summed E-state index contributed by atoms with van der Waals surface area (Å²) in [6.45, 7) is 0.833. The molecule has 0 saturated carbocycles. The van der Waals surface area contributed by atoms with Crippen LogP contribution in [0.15, 0.2) is 56.9 Å². The van der Waals surface area contributed by atoms with Gasteiger partial charge in [-0.15, -0.1) is 11.8 Å². The van der Waals surface area contributed by atoms with Gasteiger partial charge in [0, 0.05) is 30.6 Å². The molecule has 0 aliphatic carbocycles. The molecule has 1 N–H and O–H groups in total. The molecule has 10 heteroatoms. The number of hydrogen-bond acceptors (Lipinski definition) is 7. The first-order valence-electron chi connectivity index (χ1n) is 10.8. The third kappa shape index (κ3) is 3.28. The number of aryl methyl sites for hydroxylation is 1. The van der Waals surface area contributed by atoms with Crippen molar-refractivity contribution in [3.8, 4) is 0 Å². The van der Waals surface area contributed by atoms with Gasteiger partial charge in [0.25, 0.3) is 5.56 Å². The molecule has 170 valence electrons. The zero-order chi connectivity index (χ0) is 22.7. The normalized spacial score (nSPS) is 23.4. The van der Waals surface area contributed by atoms with Gasteiger partial charge in [-0.3, -0.25) is 18.7 Å². The molecule has 3 fully saturated rings. The summed E-state index contributed by atoms with van der Waals surface area (Å²) in [7, 11) is 1.68. The van der Waals surface area contributed by atoms with Crippen molar-refractivity contribution in [1.82, 2.24) is 9.13 Å². The Morgan fingerprint density at radius 2 is 1.97 bits per heavy atom. The zero-order valence-corrected chi connectivity index (χ0v) is 18.8. The highest BCUT2D eigenvalue weighted by molar-refractivity contribution is 8.00. The number of benzene rings is 2. The lowest BCUT2D eigenvalue weighted by Gasteiger charge is -2.37. The minimum atomic E-state index is -0.746. The monoisotopic (exact) mass is 466 g/mol. The van der Waals surface area contributed by atoms with Gasteiger partial charge in [-0.2, -0.15) is 0 Å². The van der Waals surface area contributed by atoms with E-state index in [1.54, 1.807) is 25.2 Å². The van der Waals surface area contributed by atoms with Crippen LogP contribution in [0.5, 0.6) is 0 Å². The van der Waals surface area contributed by atoms with Gasteiger partial charge in [-0.25, -0.2) is 4.79 Å². The Hall–Kier alpha value is -3.08. The van der Waals surface area contributed by atoms with Crippen molar-refractivity contribution in [1.29, 1.82) is 0 Å². The fraction of sp³-hybridized carbons (Fsp3) is 0.348. The van der Waals surface area contributed by atoms with E-state index in [4.69, 9.17) is 9.47 Å². The quantitative estimate of drug-likeness (QED) is 0.615. The van der Waals surface area contributed by atoms with Crippen LogP contribution in [0.1, 0.15) is 12.8 Å². The van der Waals surface area contributed by atoms with Crippen molar-refractivity contribution < 1.29 is 14.3 Å². The zero-order valence-electron chi connectivity index (χ0n) is 17.9. The van der Waals surface area contributed by atoms with Crippen LogP contribution in [0.4, 0.5) is 11.4 Å². The Bertz CT molecular complexity index is 1410. The number of carbonyl (C=O) groups is 1. The second kappa shape index (κ2) is 7.47. The van der Waals surface area contributed by atoms with E-state index < -0.39 is 12.2 Å². The predicted molar refractivity (Wildman–Crippen MR) is 125 cm³/mol. The Kier molecular flexibility index (Phi) is 4.65. The van der Waals surface area contributed by atoms with Gasteiger partial charge in [-0.05, 0) is 36.8 Å². The van der Waals surface area contributed by atoms with E-state index in [-0.39, 0.29) is 23.7 Å². The summed E-state index contributed by atoms with van der Waals surface area (Å²) in [5, 5.41) is 3.44. The van der Waals surface area contributed by atoms with Gasteiger partial charge in [0.1, 0.15) is 0 Å². The van der Waals surface area contributed by atoms with Crippen LogP contribution < -0.4 is 21.5 Å². The van der Waals surface area contributed by atoms with Crippen molar-refractivity contribution in [2.45, 2.75) is 36.5 Å². The van der Waals surface area contributed by atoms with Crippen LogP contribution in [-0.4, -0.2) is 39.5 Å². The van der Waals surface area contributed by atoms with E-state index in [0.717, 1.165) is 16.3 Å². The van der Waals surface area contributed by atoms with Gasteiger partial charge < -0.3 is 19.7 Å². The fourth-order valence-electron chi connectivity index (χ4n) is 4.74. The lowest BCUT2D eigenvalue weighted by molar-refractivity contribution is -0.406. The Morgan fingerprint density at radius 3 is 2.82 bits per heavy atom. The first kappa shape index (κ1) is 20.5. The summed E-state index contributed by atoms with van der Waals surface area (Å²) >= 11 is 1.52. The van der Waals surface area contributed by atoms with Crippen LogP contribution >= 0.6 is 11.8 Å². The van der Waals surface area contributed by atoms with Crippen molar-refractivity contribution >= 4 is 39.9 Å². The molecular formula is C23H22N4O5S. The largest absolute Gasteiger partial charge is 0.331 e. The van der Waals surface area contributed by atoms with E-state index in [9.17, 15) is 14.4 Å². The van der Waals surface area contributed by atoms with E-state index in [2.05, 4.69) is 5.32 Å². The predicted octanol–water partition coefficient (Wildman–Crippen LogP) is 2.07. The van der Waals surface area contributed by atoms with E-state index in [1.807, 2.05) is 29.2 Å². The van der Waals surface area contributed by atoms with Crippen molar-refractivity contribution in [3.63, 3.8) is 0 Å². The number of fused-ring (bicyclic) bond motifs is 3. The number of rotatable bonds is 5. The maximum absolute atomic E-state index is 12.8. The third-order valence-corrected chi connectivity index (χ3v) is 7.50. The highest BCUT2D eigenvalue weighted by Gasteiger charge is 2.58. The molecule has 4 aliphatic rings. The highest BCUT2D eigenvalue weighted by Crippen LogP contribution is 2.46. The summed E-state index contributed by atoms with van der Waals surface area (Å²) in [5.74, 6) is -0.323. The van der Waals surface area contributed by atoms with Crippen molar-refractivity contribution in [2.24, 2.45) is 7.05 Å². The minimum Gasteiger partial charge on any atom is -0.324 e. The second-order valence-corrected chi connectivity index (χ2v) is 9.53. The molecule has 0 unspecified atom stereocenters. The molecule has 9 nitrogen and oxygen atoms in total. The molecule has 1 aromatic heterocycles. The van der Waals surface area contributed by atoms with Crippen molar-refractivity contribution in [2.75, 3.05) is 22.5 Å². The van der Waals surface area contributed by atoms with E-state index in [1.165, 1.54) is 20.9 Å². The van der Waals surface area contributed by atoms with Crippen LogP contribution in [-0.2, 0) is 27.9 Å². The molecule has 3 aromatic rings. The number of nitrogens with one attached hydrogen (secondary N) is 1. The summed E-state index contributed by atoms with van der Waals surface area (Å²) in [4.78, 5) is 40.3. The molecule has 5 heterocycles. The van der Waals surface area contributed by atoms with Gasteiger partial charge in [0.15, 0.2) is 5.79 Å². The average molecular weight is 467 g/mol. The first-order chi connectivity index (χ1) is 15.9. The Balaban J connectivity index is 1.16. The molecule has 4 aliphatic heterocycles. The molecule has 2 aromatic carbocycles. The number of hydrogen-bond donors (Lipinski definition) is 1. The molecule has 33 heavy (non-hydrogen) atoms. The topological polar surface area (TPSA) is 94.8 Å². The molecule has 3 saturated heterocycles. The number of thioether (sulfide) groups is 1. The smallest absolute Gasteiger partial charge is 0.324 e. The minimum absolute atomic E-state index is 0.00517. The summed E-state index contributed by atoms with van der Waals surface area (Å²) in [6, 6.07) is 13.1. The lowest BCUT2D eigenvalue weighted by atomic mass is 10.1. The fourth-order valence-corrected chi connectivity index (χ4v) is 5.53. The van der Waals surface area contributed by atoms with Crippen LogP contribution in [0.25, 0.3) is 10.9 Å². The number of anilines is 2. The van der Waals surface area contributed by atoms with Crippen LogP contribution in [0, 0.1) is 0 Å². The molecule has 7 rings (SSSR count). The van der Waals surface area contributed by atoms with Gasteiger partial charge >= 0.3 is 5.69 Å². The second-order valence-electron chi connectivity index (χ2n) is 8.52. The van der Waals surface area contributed by atoms with Crippen LogP contribution in [0.2, 0.25) is 0 Å². The standard InChI is InChI=1S/C23H22N4O5S/c1-25-17-6-3-2-5-15(17)20(29)26(21(25)30)10-4-9-23-13-27(22(31-23)32-23)14-7-8-18-16(11-14)24-19(28)12-33-18/h2-3,5-8,11,22H,4,9-10,12-13H2,1H3,(H,24,28). The molecule has 0 atom stereocenters. The summed E-state index contributed by atoms with van der Waals surface area (Å²) in [6.07, 6.45) is 0.650. The Labute approximate surface area is 192 Å². The molecular weight excluding hydrogens is 444 g/mol. The van der Waals surface area contributed by atoms with Gasteiger partial charge in [-0.1, -0.05) is 12.1 Å². The summed E-state index contributed by atoms with van der Waals surface area (Å²) in [5.41, 5.74) is 1.74. The average Bonchev–Trinajstić information content (AvgIpc) is 3.35. The number of ether oxygens (including phenoxy) is 2. The van der Waals surface area contributed by atoms with Crippen molar-refractivity contribution in [3.05, 3.63) is 63.3 Å². The maximum Gasteiger partial charge on any atom is 0.331 e. The molecule has 2 bridgehead atoms. The van der Waals surface area contributed by atoms with E-state index >= 15 is 0 Å². The number of aromatic nitrogens is 2. The number of para-hydroxylation sites is 1. The number of amides is 1. The number of carbonyl (C=O) groups excluding carboxylic acids is 1. The maximum atomic E-state index is 12.8. The molecule has 0 spiro atoms. The molecule has 1 amide bonds. The summed E-state index contributed by atoms with van der Waals surface area (Å²) < 4.78 is 14.8. The third-order valence-electron chi connectivity index (χ3n) is 6.42. The Morgan fingerprint density at radius 1 is 1.15 bits per heavy atom. The van der Waals surface area contributed by atoms with Gasteiger partial charge in [0.2, 0.25) is 12.3 Å². The number of nitrogens with zero attached hydrogens (tertiary/aromatic N) is 3. The van der Waals surface area contributed by atoms with E-state index in [0.29, 0.717) is 36.0 Å². The first-order valence-corrected chi connectivity index (χ1v) is 11.8. The molecule has 0 radical (unpaired) electrons. The lowest BCUT2D eigenvalue weighted by Crippen LogP contribution is -2.48. The van der Waals surface area contributed by atoms with Gasteiger partial charge in [0.05, 0.1) is 28.9 Å². The SMILES string of the molecule is Cn1c(=O)n(CCCC23CN(c4ccc5c(c4)NC(=O)CS5)C(O2)O3)c(=O)c2ccccc21.